The Balaban J connectivity index is 2.45. The molecule has 0 spiro atoms. The molecule has 0 atom stereocenters. The molecule has 1 aliphatic rings. The van der Waals surface area contributed by atoms with Crippen LogP contribution in [0.5, 0.6) is 0 Å². The van der Waals surface area contributed by atoms with Gasteiger partial charge in [-0.15, -0.1) is 16.9 Å². The summed E-state index contributed by atoms with van der Waals surface area (Å²) in [5.41, 5.74) is 5.92. The summed E-state index contributed by atoms with van der Waals surface area (Å²) in [7, 11) is -1.39. The molecule has 0 saturated carbocycles. The van der Waals surface area contributed by atoms with Gasteiger partial charge in [-0.05, 0) is 31.2 Å². The van der Waals surface area contributed by atoms with Crippen LogP contribution in [-0.4, -0.2) is 14.0 Å². The van der Waals surface area contributed by atoms with E-state index in [1.807, 2.05) is 0 Å². The molecule has 1 amide bonds. The summed E-state index contributed by atoms with van der Waals surface area (Å²) in [5, 5.41) is 3.92. The molecular weight excluding hydrogens is 270 g/mol. The summed E-state index contributed by atoms with van der Waals surface area (Å²) < 4.78 is 0. The van der Waals surface area contributed by atoms with E-state index in [1.54, 1.807) is 18.3 Å². The van der Waals surface area contributed by atoms with Crippen LogP contribution >= 0.6 is 11.3 Å². The van der Waals surface area contributed by atoms with Crippen LogP contribution in [0.2, 0.25) is 19.6 Å². The van der Waals surface area contributed by atoms with E-state index in [0.29, 0.717) is 0 Å². The Bertz CT molecular complexity index is 557. The Labute approximate surface area is 120 Å². The predicted molar refractivity (Wildman–Crippen MR) is 85.5 cm³/mol. The maximum absolute atomic E-state index is 11.3. The SMILES string of the molecule is CC(=O)Nc1sc2c(c1C#C[Si](C)(C)C)CCCC2. The van der Waals surface area contributed by atoms with Crippen molar-refractivity contribution in [2.24, 2.45) is 0 Å². The third-order valence-electron chi connectivity index (χ3n) is 3.02. The van der Waals surface area contributed by atoms with Gasteiger partial charge in [0, 0.05) is 11.8 Å². The molecule has 1 aromatic heterocycles. The van der Waals surface area contributed by atoms with Crippen molar-refractivity contribution in [2.75, 3.05) is 5.32 Å². The molecule has 19 heavy (non-hydrogen) atoms. The first kappa shape index (κ1) is 14.4. The van der Waals surface area contributed by atoms with E-state index in [0.717, 1.165) is 23.4 Å². The van der Waals surface area contributed by atoms with Gasteiger partial charge in [0.25, 0.3) is 0 Å². The first-order valence-electron chi connectivity index (χ1n) is 6.82. The Kier molecular flexibility index (Phi) is 4.17. The minimum Gasteiger partial charge on any atom is -0.317 e. The van der Waals surface area contributed by atoms with Crippen molar-refractivity contribution >= 4 is 30.3 Å². The maximum atomic E-state index is 11.3. The Morgan fingerprint density at radius 2 is 1.95 bits per heavy atom. The van der Waals surface area contributed by atoms with Crippen molar-refractivity contribution in [3.63, 3.8) is 0 Å². The summed E-state index contributed by atoms with van der Waals surface area (Å²) in [6, 6.07) is 0. The van der Waals surface area contributed by atoms with Crippen LogP contribution in [-0.2, 0) is 17.6 Å². The number of nitrogens with one attached hydrogen (secondary N) is 1. The molecular formula is C15H21NOSSi. The van der Waals surface area contributed by atoms with Gasteiger partial charge >= 0.3 is 0 Å². The van der Waals surface area contributed by atoms with Gasteiger partial charge < -0.3 is 5.32 Å². The summed E-state index contributed by atoms with van der Waals surface area (Å²) in [6.07, 6.45) is 4.75. The van der Waals surface area contributed by atoms with Crippen LogP contribution in [0.15, 0.2) is 0 Å². The van der Waals surface area contributed by atoms with Gasteiger partial charge in [0.15, 0.2) is 0 Å². The van der Waals surface area contributed by atoms with Gasteiger partial charge in [-0.1, -0.05) is 25.6 Å². The molecule has 0 bridgehead atoms. The average Bonchev–Trinajstić information content (AvgIpc) is 2.61. The topological polar surface area (TPSA) is 29.1 Å². The van der Waals surface area contributed by atoms with E-state index in [9.17, 15) is 4.79 Å². The molecule has 0 aliphatic heterocycles. The largest absolute Gasteiger partial charge is 0.317 e. The van der Waals surface area contributed by atoms with Crippen molar-refractivity contribution in [1.82, 2.24) is 0 Å². The predicted octanol–water partition coefficient (Wildman–Crippen LogP) is 3.81. The number of aryl methyl sites for hydroxylation is 1. The Hall–Kier alpha value is -1.05. The highest BCUT2D eigenvalue weighted by Gasteiger charge is 2.20. The van der Waals surface area contributed by atoms with E-state index in [4.69, 9.17) is 0 Å². The molecule has 1 aliphatic carbocycles. The number of rotatable bonds is 1. The summed E-state index contributed by atoms with van der Waals surface area (Å²) >= 11 is 1.72. The van der Waals surface area contributed by atoms with Gasteiger partial charge in [-0.2, -0.15) is 0 Å². The van der Waals surface area contributed by atoms with E-state index >= 15 is 0 Å². The number of carbonyl (C=O) groups excluding carboxylic acids is 1. The molecule has 2 nitrogen and oxygen atoms in total. The third kappa shape index (κ3) is 3.71. The highest BCUT2D eigenvalue weighted by molar-refractivity contribution is 7.16. The fourth-order valence-electron chi connectivity index (χ4n) is 2.20. The second kappa shape index (κ2) is 5.52. The average molecular weight is 291 g/mol. The molecule has 0 unspecified atom stereocenters. The number of fused-ring (bicyclic) bond motifs is 1. The van der Waals surface area contributed by atoms with Crippen LogP contribution in [0.25, 0.3) is 0 Å². The lowest BCUT2D eigenvalue weighted by atomic mass is 9.96. The van der Waals surface area contributed by atoms with Gasteiger partial charge in [0.1, 0.15) is 13.1 Å². The second-order valence-electron chi connectivity index (χ2n) is 6.10. The number of thiophene rings is 1. The second-order valence-corrected chi connectivity index (χ2v) is 12.0. The minimum atomic E-state index is -1.39. The van der Waals surface area contributed by atoms with Gasteiger partial charge in [-0.3, -0.25) is 4.79 Å². The number of anilines is 1. The van der Waals surface area contributed by atoms with Crippen molar-refractivity contribution in [2.45, 2.75) is 52.2 Å². The normalized spacial score (nSPS) is 14.3. The zero-order valence-electron chi connectivity index (χ0n) is 12.1. The number of hydrogen-bond acceptors (Lipinski definition) is 2. The minimum absolute atomic E-state index is 0.00495. The van der Waals surface area contributed by atoms with E-state index in [2.05, 4.69) is 36.4 Å². The zero-order chi connectivity index (χ0) is 14.0. The number of carbonyl (C=O) groups is 1. The van der Waals surface area contributed by atoms with E-state index < -0.39 is 8.07 Å². The zero-order valence-corrected chi connectivity index (χ0v) is 14.0. The molecule has 4 heteroatoms. The molecule has 0 radical (unpaired) electrons. The summed E-state index contributed by atoms with van der Waals surface area (Å²) in [6.45, 7) is 8.30. The lowest BCUT2D eigenvalue weighted by Gasteiger charge is -2.10. The van der Waals surface area contributed by atoms with Crippen molar-refractivity contribution < 1.29 is 4.79 Å². The third-order valence-corrected chi connectivity index (χ3v) is 5.11. The molecule has 0 fully saturated rings. The van der Waals surface area contributed by atoms with Crippen LogP contribution in [0.4, 0.5) is 5.00 Å². The van der Waals surface area contributed by atoms with Crippen LogP contribution in [0.3, 0.4) is 0 Å². The fraction of sp³-hybridized carbons (Fsp3) is 0.533. The lowest BCUT2D eigenvalue weighted by Crippen LogP contribution is -2.16. The standard InChI is InChI=1S/C15H21NOSSi/c1-11(17)16-15-13(9-10-19(2,3)4)12-7-5-6-8-14(12)18-15/h5-8H2,1-4H3,(H,16,17). The monoisotopic (exact) mass is 291 g/mol. The first-order chi connectivity index (χ1) is 8.87. The van der Waals surface area contributed by atoms with Crippen molar-refractivity contribution in [3.8, 4) is 11.5 Å². The Morgan fingerprint density at radius 3 is 2.58 bits per heavy atom. The highest BCUT2D eigenvalue weighted by Crippen LogP contribution is 2.37. The van der Waals surface area contributed by atoms with Crippen LogP contribution < -0.4 is 5.32 Å². The summed E-state index contributed by atoms with van der Waals surface area (Å²) in [4.78, 5) is 12.8. The molecule has 2 rings (SSSR count). The number of hydrogen-bond donors (Lipinski definition) is 1. The molecule has 0 aromatic carbocycles. The maximum Gasteiger partial charge on any atom is 0.221 e. The molecule has 1 heterocycles. The van der Waals surface area contributed by atoms with Crippen molar-refractivity contribution in [3.05, 3.63) is 16.0 Å². The van der Waals surface area contributed by atoms with E-state index in [-0.39, 0.29) is 5.91 Å². The smallest absolute Gasteiger partial charge is 0.221 e. The molecule has 1 aromatic rings. The summed E-state index contributed by atoms with van der Waals surface area (Å²) in [5.74, 6) is 3.37. The van der Waals surface area contributed by atoms with Gasteiger partial charge in [-0.25, -0.2) is 0 Å². The molecule has 1 N–H and O–H groups in total. The van der Waals surface area contributed by atoms with E-state index in [1.165, 1.54) is 23.3 Å². The fourth-order valence-corrected chi connectivity index (χ4v) is 3.99. The van der Waals surface area contributed by atoms with Crippen LogP contribution in [0.1, 0.15) is 35.8 Å². The van der Waals surface area contributed by atoms with Crippen molar-refractivity contribution in [1.29, 1.82) is 0 Å². The molecule has 0 saturated heterocycles. The Morgan fingerprint density at radius 1 is 1.26 bits per heavy atom. The van der Waals surface area contributed by atoms with Crippen LogP contribution in [0, 0.1) is 11.5 Å². The van der Waals surface area contributed by atoms with Gasteiger partial charge in [0.2, 0.25) is 5.91 Å². The number of amides is 1. The van der Waals surface area contributed by atoms with Gasteiger partial charge in [0.05, 0.1) is 5.56 Å². The lowest BCUT2D eigenvalue weighted by molar-refractivity contribution is -0.114. The molecule has 102 valence electrons. The quantitative estimate of drug-likeness (QED) is 0.618. The highest BCUT2D eigenvalue weighted by atomic mass is 32.1. The first-order valence-corrected chi connectivity index (χ1v) is 11.1.